The number of rotatable bonds is 4. The first-order valence-electron chi connectivity index (χ1n) is 4.91. The summed E-state index contributed by atoms with van der Waals surface area (Å²) in [5.41, 5.74) is -2.75. The molecular formula is C10H10ClF3N2O3. The number of carbonyl (C=O) groups is 1. The molecule has 1 aromatic rings. The van der Waals surface area contributed by atoms with E-state index < -0.39 is 17.8 Å². The molecule has 0 bridgehead atoms. The van der Waals surface area contributed by atoms with Gasteiger partial charge < -0.3 is 10.1 Å². The number of amides is 2. The molecule has 0 heterocycles. The first kappa shape index (κ1) is 15.4. The van der Waals surface area contributed by atoms with E-state index in [4.69, 9.17) is 5.21 Å². The van der Waals surface area contributed by atoms with E-state index in [1.807, 2.05) is 0 Å². The zero-order valence-electron chi connectivity index (χ0n) is 9.61. The number of anilines is 1. The van der Waals surface area contributed by atoms with Gasteiger partial charge in [-0.05, 0) is 24.3 Å². The molecule has 1 unspecified atom stereocenters. The predicted octanol–water partition coefficient (Wildman–Crippen LogP) is 3.05. The number of hydrogen-bond acceptors (Lipinski definition) is 3. The highest BCUT2D eigenvalue weighted by molar-refractivity contribution is 6.20. The highest BCUT2D eigenvalue weighted by atomic mass is 35.5. The molecule has 0 aromatic heterocycles. The predicted molar refractivity (Wildman–Crippen MR) is 61.3 cm³/mol. The van der Waals surface area contributed by atoms with Crippen LogP contribution in [0.15, 0.2) is 24.3 Å². The summed E-state index contributed by atoms with van der Waals surface area (Å²) in [4.78, 5) is 11.1. The van der Waals surface area contributed by atoms with Crippen molar-refractivity contribution in [2.45, 2.75) is 11.7 Å². The van der Waals surface area contributed by atoms with Gasteiger partial charge in [-0.1, -0.05) is 11.6 Å². The van der Waals surface area contributed by atoms with Crippen molar-refractivity contribution < 1.29 is 27.9 Å². The van der Waals surface area contributed by atoms with Gasteiger partial charge in [0.05, 0.1) is 0 Å². The Bertz CT molecular complexity index is 440. The third-order valence-electron chi connectivity index (χ3n) is 1.91. The lowest BCUT2D eigenvalue weighted by Gasteiger charge is -2.18. The van der Waals surface area contributed by atoms with E-state index >= 15 is 0 Å². The number of urea groups is 1. The summed E-state index contributed by atoms with van der Waals surface area (Å²) in [6.45, 7) is 0. The maximum absolute atomic E-state index is 12.8. The molecule has 0 aliphatic rings. The molecule has 19 heavy (non-hydrogen) atoms. The Morgan fingerprint density at radius 1 is 1.47 bits per heavy atom. The van der Waals surface area contributed by atoms with Crippen molar-refractivity contribution in [1.82, 2.24) is 5.06 Å². The lowest BCUT2D eigenvalue weighted by atomic mass is 10.3. The second kappa shape index (κ2) is 5.98. The van der Waals surface area contributed by atoms with Crippen LogP contribution in [0.2, 0.25) is 0 Å². The Labute approximate surface area is 111 Å². The fourth-order valence-corrected chi connectivity index (χ4v) is 1.06. The van der Waals surface area contributed by atoms with Crippen LogP contribution in [0.3, 0.4) is 0 Å². The van der Waals surface area contributed by atoms with Crippen LogP contribution in [0, 0.1) is 0 Å². The maximum atomic E-state index is 12.8. The fraction of sp³-hybridized carbons (Fsp3) is 0.300. The van der Waals surface area contributed by atoms with E-state index in [1.165, 1.54) is 12.1 Å². The Balaban J connectivity index is 2.69. The van der Waals surface area contributed by atoms with Crippen LogP contribution in [0.4, 0.5) is 23.7 Å². The largest absolute Gasteiger partial charge is 0.444 e. The fourth-order valence-electron chi connectivity index (χ4n) is 1.01. The molecule has 0 spiro atoms. The number of carbonyl (C=O) groups excluding carboxylic acids is 1. The SMILES string of the molecule is CN(O)C(=O)Nc1ccc(OC(F)(F)C(F)Cl)cc1. The molecule has 1 atom stereocenters. The van der Waals surface area contributed by atoms with E-state index in [0.717, 1.165) is 19.2 Å². The minimum atomic E-state index is -4.16. The quantitative estimate of drug-likeness (QED) is 0.510. The van der Waals surface area contributed by atoms with Crippen molar-refractivity contribution in [2.75, 3.05) is 12.4 Å². The van der Waals surface area contributed by atoms with Crippen molar-refractivity contribution in [1.29, 1.82) is 0 Å². The molecular weight excluding hydrogens is 289 g/mol. The molecule has 2 amide bonds. The minimum Gasteiger partial charge on any atom is -0.429 e. The van der Waals surface area contributed by atoms with Crippen LogP contribution in [-0.2, 0) is 0 Å². The number of nitrogens with zero attached hydrogens (tertiary/aromatic N) is 1. The van der Waals surface area contributed by atoms with Crippen LogP contribution >= 0.6 is 11.6 Å². The van der Waals surface area contributed by atoms with Crippen molar-refractivity contribution in [3.05, 3.63) is 24.3 Å². The summed E-state index contributed by atoms with van der Waals surface area (Å²) < 4.78 is 42.0. The van der Waals surface area contributed by atoms with E-state index in [9.17, 15) is 18.0 Å². The standard InChI is InChI=1S/C10H10ClF3N2O3/c1-16(18)9(17)15-6-2-4-7(5-3-6)19-10(13,14)8(11)12/h2-5,8,18H,1H3,(H,15,17). The number of halogens is 4. The topological polar surface area (TPSA) is 61.8 Å². The lowest BCUT2D eigenvalue weighted by Crippen LogP contribution is -2.32. The van der Waals surface area contributed by atoms with Crippen LogP contribution in [0.5, 0.6) is 5.75 Å². The lowest BCUT2D eigenvalue weighted by molar-refractivity contribution is -0.199. The second-order valence-corrected chi connectivity index (χ2v) is 3.83. The van der Waals surface area contributed by atoms with Gasteiger partial charge in [0.25, 0.3) is 5.63 Å². The molecule has 2 N–H and O–H groups in total. The van der Waals surface area contributed by atoms with Gasteiger partial charge in [0.1, 0.15) is 5.75 Å². The zero-order chi connectivity index (χ0) is 14.6. The average Bonchev–Trinajstić information content (AvgIpc) is 2.30. The highest BCUT2D eigenvalue weighted by Gasteiger charge is 2.42. The number of hydrogen-bond donors (Lipinski definition) is 2. The van der Waals surface area contributed by atoms with Crippen molar-refractivity contribution in [2.24, 2.45) is 0 Å². The Kier molecular flexibility index (Phi) is 4.84. The zero-order valence-corrected chi connectivity index (χ0v) is 10.4. The summed E-state index contributed by atoms with van der Waals surface area (Å²) in [5.74, 6) is -0.330. The van der Waals surface area contributed by atoms with Crippen molar-refractivity contribution >= 4 is 23.3 Å². The summed E-state index contributed by atoms with van der Waals surface area (Å²) in [7, 11) is 1.11. The average molecular weight is 299 g/mol. The van der Waals surface area contributed by atoms with Crippen molar-refractivity contribution in [3.8, 4) is 5.75 Å². The van der Waals surface area contributed by atoms with Gasteiger partial charge >= 0.3 is 12.1 Å². The van der Waals surface area contributed by atoms with Crippen molar-refractivity contribution in [3.63, 3.8) is 0 Å². The molecule has 106 valence electrons. The van der Waals surface area contributed by atoms with E-state index in [2.05, 4.69) is 21.7 Å². The molecule has 0 aliphatic heterocycles. The minimum absolute atomic E-state index is 0.226. The summed E-state index contributed by atoms with van der Waals surface area (Å²) in [6, 6.07) is 3.81. The molecule has 0 aliphatic carbocycles. The molecule has 0 radical (unpaired) electrons. The Morgan fingerprint density at radius 3 is 2.42 bits per heavy atom. The van der Waals surface area contributed by atoms with Gasteiger partial charge in [0.15, 0.2) is 0 Å². The Hall–Kier alpha value is -1.67. The third kappa shape index (κ3) is 4.49. The third-order valence-corrected chi connectivity index (χ3v) is 2.16. The first-order valence-corrected chi connectivity index (χ1v) is 5.34. The molecule has 0 saturated heterocycles. The van der Waals surface area contributed by atoms with E-state index in [1.54, 1.807) is 0 Å². The van der Waals surface area contributed by atoms with Gasteiger partial charge in [-0.2, -0.15) is 8.78 Å². The van der Waals surface area contributed by atoms with Gasteiger partial charge in [0.2, 0.25) is 0 Å². The molecule has 9 heteroatoms. The van der Waals surface area contributed by atoms with Crippen LogP contribution in [0.25, 0.3) is 0 Å². The van der Waals surface area contributed by atoms with E-state index in [-0.39, 0.29) is 11.4 Å². The number of hydroxylamine groups is 2. The van der Waals surface area contributed by atoms with Gasteiger partial charge in [-0.3, -0.25) is 5.21 Å². The van der Waals surface area contributed by atoms with Crippen LogP contribution in [0.1, 0.15) is 0 Å². The molecule has 1 rings (SSSR count). The van der Waals surface area contributed by atoms with Crippen LogP contribution in [-0.4, -0.2) is 35.1 Å². The normalized spacial score (nSPS) is 12.7. The molecule has 0 fully saturated rings. The number of benzene rings is 1. The summed E-state index contributed by atoms with van der Waals surface area (Å²) in [6.07, 6.45) is -4.16. The monoisotopic (exact) mass is 298 g/mol. The van der Waals surface area contributed by atoms with Gasteiger partial charge in [-0.15, -0.1) is 0 Å². The maximum Gasteiger partial charge on any atom is 0.444 e. The van der Waals surface area contributed by atoms with Gasteiger partial charge in [-0.25, -0.2) is 14.2 Å². The number of alkyl halides is 4. The number of ether oxygens (including phenoxy) is 1. The van der Waals surface area contributed by atoms with E-state index in [0.29, 0.717) is 5.06 Å². The molecule has 5 nitrogen and oxygen atoms in total. The summed E-state index contributed by atoms with van der Waals surface area (Å²) in [5, 5.41) is 11.3. The summed E-state index contributed by atoms with van der Waals surface area (Å²) >= 11 is 4.62. The van der Waals surface area contributed by atoms with Crippen LogP contribution < -0.4 is 10.1 Å². The Morgan fingerprint density at radius 2 is 2.00 bits per heavy atom. The first-order chi connectivity index (χ1) is 8.72. The molecule has 1 aromatic carbocycles. The molecule has 0 saturated carbocycles. The highest BCUT2D eigenvalue weighted by Crippen LogP contribution is 2.29. The number of nitrogens with one attached hydrogen (secondary N) is 1. The van der Waals surface area contributed by atoms with Gasteiger partial charge in [0, 0.05) is 12.7 Å². The second-order valence-electron chi connectivity index (χ2n) is 3.44. The smallest absolute Gasteiger partial charge is 0.429 e.